The molecule has 0 bridgehead atoms. The molecule has 4 nitrogen and oxygen atoms in total. The van der Waals surface area contributed by atoms with Crippen LogP contribution in [0, 0.1) is 0 Å². The number of hydrogen-bond acceptors (Lipinski definition) is 3. The number of imidazole rings is 1. The summed E-state index contributed by atoms with van der Waals surface area (Å²) in [4.78, 5) is 18.4. The number of aromatic amines is 1. The van der Waals surface area contributed by atoms with E-state index in [1.165, 1.54) is 5.69 Å². The summed E-state index contributed by atoms with van der Waals surface area (Å²) in [5.41, 5.74) is 2.29. The monoisotopic (exact) mass is 305 g/mol. The van der Waals surface area contributed by atoms with E-state index in [0.29, 0.717) is 12.5 Å². The predicted octanol–water partition coefficient (Wildman–Crippen LogP) is 1.47. The number of Topliss-reactive ketones (excluding diaryl/α,β-unsaturated/α-hetero) is 1. The van der Waals surface area contributed by atoms with Gasteiger partial charge in [-0.2, -0.15) is 0 Å². The van der Waals surface area contributed by atoms with Crippen molar-refractivity contribution >= 4 is 28.6 Å². The molecule has 0 saturated heterocycles. The number of aromatic nitrogens is 2. The van der Waals surface area contributed by atoms with Crippen molar-refractivity contribution in [1.29, 1.82) is 0 Å². The molecule has 0 spiro atoms. The van der Waals surface area contributed by atoms with E-state index in [1.54, 1.807) is 13.3 Å². The summed E-state index contributed by atoms with van der Waals surface area (Å²) >= 11 is 2.28. The lowest BCUT2D eigenvalue weighted by atomic mass is 10.0. The lowest BCUT2D eigenvalue weighted by molar-refractivity contribution is -0.117. The molecule has 1 aromatic heterocycles. The Bertz CT molecular complexity index is 350. The largest absolute Gasteiger partial charge is 0.347 e. The van der Waals surface area contributed by atoms with Crippen LogP contribution in [0.2, 0.25) is 0 Å². The Balaban J connectivity index is 2.13. The smallest absolute Gasteiger partial charge is 0.131 e. The minimum Gasteiger partial charge on any atom is -0.347 e. The van der Waals surface area contributed by atoms with Gasteiger partial charge in [-0.15, -0.1) is 0 Å². The first-order valence-corrected chi connectivity index (χ1v) is 5.56. The molecule has 14 heavy (non-hydrogen) atoms. The van der Waals surface area contributed by atoms with Crippen molar-refractivity contribution in [3.05, 3.63) is 17.7 Å². The molecular weight excluding hydrogens is 293 g/mol. The summed E-state index contributed by atoms with van der Waals surface area (Å²) in [6, 6.07) is 0.309. The normalized spacial score (nSPS) is 22.0. The Hall–Kier alpha value is -0.430. The van der Waals surface area contributed by atoms with Crippen molar-refractivity contribution in [3.8, 4) is 0 Å². The molecule has 2 heterocycles. The molecule has 2 rings (SSSR count). The van der Waals surface area contributed by atoms with Gasteiger partial charge in [-0.25, -0.2) is 8.10 Å². The molecule has 0 radical (unpaired) electrons. The lowest BCUT2D eigenvalue weighted by Gasteiger charge is -2.29. The maximum atomic E-state index is 11.0. The number of nitrogens with zero attached hydrogens (tertiary/aromatic N) is 2. The maximum Gasteiger partial charge on any atom is 0.131 e. The van der Waals surface area contributed by atoms with Crippen LogP contribution in [0.5, 0.6) is 0 Å². The summed E-state index contributed by atoms with van der Waals surface area (Å²) in [6.45, 7) is 2.50. The van der Waals surface area contributed by atoms with E-state index < -0.39 is 0 Å². The highest BCUT2D eigenvalue weighted by Crippen LogP contribution is 2.25. The predicted molar refractivity (Wildman–Crippen MR) is 60.9 cm³/mol. The zero-order chi connectivity index (χ0) is 10.1. The number of ketones is 1. The zero-order valence-electron chi connectivity index (χ0n) is 7.96. The second kappa shape index (κ2) is 3.98. The van der Waals surface area contributed by atoms with Crippen molar-refractivity contribution in [3.63, 3.8) is 0 Å². The van der Waals surface area contributed by atoms with E-state index in [1.807, 2.05) is 0 Å². The number of carbonyl (C=O) groups excluding carboxylic acids is 1. The summed E-state index contributed by atoms with van der Waals surface area (Å²) in [6.07, 6.45) is 3.22. The lowest BCUT2D eigenvalue weighted by Crippen LogP contribution is -2.34. The molecule has 0 saturated carbocycles. The van der Waals surface area contributed by atoms with Gasteiger partial charge in [-0.3, -0.25) is 4.79 Å². The molecule has 1 atom stereocenters. The van der Waals surface area contributed by atoms with E-state index in [9.17, 15) is 4.79 Å². The van der Waals surface area contributed by atoms with Crippen LogP contribution in [0.3, 0.4) is 0 Å². The quantitative estimate of drug-likeness (QED) is 0.665. The Kier molecular flexibility index (Phi) is 2.87. The van der Waals surface area contributed by atoms with Crippen LogP contribution in [-0.2, 0) is 17.8 Å². The number of carbonyl (C=O) groups is 1. The molecule has 1 aliphatic heterocycles. The average Bonchev–Trinajstić information content (AvgIpc) is 2.51. The van der Waals surface area contributed by atoms with Crippen molar-refractivity contribution in [2.75, 3.05) is 0 Å². The van der Waals surface area contributed by atoms with Crippen molar-refractivity contribution in [2.45, 2.75) is 32.4 Å². The topological polar surface area (TPSA) is 49.0 Å². The molecular formula is C9H12IN3O. The molecule has 0 fully saturated rings. The van der Waals surface area contributed by atoms with E-state index >= 15 is 0 Å². The molecule has 1 aliphatic rings. The highest BCUT2D eigenvalue weighted by molar-refractivity contribution is 14.1. The van der Waals surface area contributed by atoms with E-state index in [4.69, 9.17) is 0 Å². The number of rotatable bonds is 2. The Labute approximate surface area is 96.6 Å². The van der Waals surface area contributed by atoms with Gasteiger partial charge in [0.15, 0.2) is 0 Å². The number of halogens is 1. The summed E-state index contributed by atoms with van der Waals surface area (Å²) in [5, 5.41) is 0. The fourth-order valence-corrected chi connectivity index (χ4v) is 2.50. The number of nitrogens with one attached hydrogen (secondary N) is 1. The van der Waals surface area contributed by atoms with E-state index in [0.717, 1.165) is 18.7 Å². The Morgan fingerprint density at radius 3 is 3.36 bits per heavy atom. The van der Waals surface area contributed by atoms with E-state index in [-0.39, 0.29) is 5.78 Å². The van der Waals surface area contributed by atoms with Crippen LogP contribution >= 0.6 is 22.9 Å². The fraction of sp³-hybridized carbons (Fsp3) is 0.556. The van der Waals surface area contributed by atoms with Crippen molar-refractivity contribution in [2.24, 2.45) is 0 Å². The SMILES string of the molecule is CC(=O)C[C@@H]1Cc2nc[nH]c2CN1I. The molecule has 0 aromatic carbocycles. The van der Waals surface area contributed by atoms with Gasteiger partial charge in [0.2, 0.25) is 0 Å². The summed E-state index contributed by atoms with van der Waals surface area (Å²) in [5.74, 6) is 0.246. The van der Waals surface area contributed by atoms with Crippen molar-refractivity contribution in [1.82, 2.24) is 13.1 Å². The third-order valence-electron chi connectivity index (χ3n) is 2.46. The van der Waals surface area contributed by atoms with Crippen LogP contribution < -0.4 is 0 Å². The fourth-order valence-electron chi connectivity index (χ4n) is 1.77. The summed E-state index contributed by atoms with van der Waals surface area (Å²) < 4.78 is 2.18. The second-order valence-corrected chi connectivity index (χ2v) is 4.89. The van der Waals surface area contributed by atoms with Gasteiger partial charge in [0.05, 0.1) is 24.3 Å². The standard InChI is InChI=1S/C9H12IN3O/c1-6(14)2-7-3-8-9(4-13(7)10)12-5-11-8/h5,7H,2-4H2,1H3,(H,11,12)/t7-/m1/s1. The van der Waals surface area contributed by atoms with Crippen LogP contribution in [0.4, 0.5) is 0 Å². The van der Waals surface area contributed by atoms with Crippen LogP contribution in [-0.4, -0.2) is 24.9 Å². The average molecular weight is 305 g/mol. The van der Waals surface area contributed by atoms with Crippen LogP contribution in [0.15, 0.2) is 6.33 Å². The van der Waals surface area contributed by atoms with Crippen LogP contribution in [0.25, 0.3) is 0 Å². The van der Waals surface area contributed by atoms with Gasteiger partial charge in [-0.05, 0) is 6.92 Å². The first-order valence-electron chi connectivity index (χ1n) is 4.60. The molecule has 0 aliphatic carbocycles. The van der Waals surface area contributed by atoms with Gasteiger partial charge in [0, 0.05) is 41.7 Å². The third-order valence-corrected chi connectivity index (χ3v) is 3.59. The highest BCUT2D eigenvalue weighted by atomic mass is 127. The molecule has 1 aromatic rings. The van der Waals surface area contributed by atoms with Gasteiger partial charge in [0.1, 0.15) is 5.78 Å². The minimum absolute atomic E-state index is 0.246. The Morgan fingerprint density at radius 1 is 1.86 bits per heavy atom. The van der Waals surface area contributed by atoms with Gasteiger partial charge < -0.3 is 4.98 Å². The maximum absolute atomic E-state index is 11.0. The number of hydrogen-bond donors (Lipinski definition) is 1. The molecule has 1 N–H and O–H groups in total. The summed E-state index contributed by atoms with van der Waals surface area (Å²) in [7, 11) is 0. The van der Waals surface area contributed by atoms with Gasteiger partial charge in [-0.1, -0.05) is 0 Å². The Morgan fingerprint density at radius 2 is 2.64 bits per heavy atom. The first kappa shape index (κ1) is 10.1. The first-order chi connectivity index (χ1) is 6.66. The second-order valence-electron chi connectivity index (χ2n) is 3.65. The molecule has 5 heteroatoms. The highest BCUT2D eigenvalue weighted by Gasteiger charge is 2.26. The zero-order valence-corrected chi connectivity index (χ0v) is 10.1. The van der Waals surface area contributed by atoms with Crippen LogP contribution in [0.1, 0.15) is 24.7 Å². The molecule has 76 valence electrons. The third kappa shape index (κ3) is 1.98. The molecule has 0 amide bonds. The number of H-pyrrole nitrogens is 1. The van der Waals surface area contributed by atoms with Crippen molar-refractivity contribution < 1.29 is 4.79 Å². The van der Waals surface area contributed by atoms with E-state index in [2.05, 4.69) is 35.9 Å². The minimum atomic E-state index is 0.246. The molecule has 0 unspecified atom stereocenters. The number of fused-ring (bicyclic) bond motifs is 1. The van der Waals surface area contributed by atoms with Gasteiger partial charge in [0.25, 0.3) is 0 Å². The van der Waals surface area contributed by atoms with Gasteiger partial charge >= 0.3 is 0 Å².